The van der Waals surface area contributed by atoms with Crippen LogP contribution < -0.4 is 16.2 Å². The van der Waals surface area contributed by atoms with Gasteiger partial charge in [-0.3, -0.25) is 5.32 Å². The molecule has 1 atom stereocenters. The molecular weight excluding hydrogens is 90.1 g/mol. The fourth-order valence-corrected chi connectivity index (χ4v) is 0.515. The summed E-state index contributed by atoms with van der Waals surface area (Å²) in [5.41, 5.74) is 5.82. The summed E-state index contributed by atoms with van der Waals surface area (Å²) in [6.45, 7) is 4.39. The van der Waals surface area contributed by atoms with Crippen molar-refractivity contribution in [2.24, 2.45) is 0 Å². The van der Waals surface area contributed by atoms with E-state index in [1.807, 2.05) is 0 Å². The Balaban J connectivity index is 2.26. The van der Waals surface area contributed by atoms with Gasteiger partial charge >= 0.3 is 0 Å². The van der Waals surface area contributed by atoms with Crippen molar-refractivity contribution < 1.29 is 0 Å². The highest BCUT2D eigenvalue weighted by Crippen LogP contribution is 1.77. The first-order valence-corrected chi connectivity index (χ1v) is 2.28. The van der Waals surface area contributed by atoms with Gasteiger partial charge in [0.25, 0.3) is 0 Å². The van der Waals surface area contributed by atoms with Gasteiger partial charge in [0.15, 0.2) is 0 Å². The van der Waals surface area contributed by atoms with Crippen molar-refractivity contribution in [3.05, 3.63) is 12.7 Å². The van der Waals surface area contributed by atoms with Crippen LogP contribution in [0.15, 0.2) is 12.7 Å². The molecule has 1 aliphatic rings. The molecule has 0 amide bonds. The molecule has 0 saturated carbocycles. The lowest BCUT2D eigenvalue weighted by Crippen LogP contribution is -2.31. The maximum atomic E-state index is 3.58. The topological polar surface area (TPSA) is 36.1 Å². The van der Waals surface area contributed by atoms with Crippen LogP contribution in [0.3, 0.4) is 0 Å². The summed E-state index contributed by atoms with van der Waals surface area (Å²) in [4.78, 5) is 0. The van der Waals surface area contributed by atoms with E-state index in [4.69, 9.17) is 0 Å². The Morgan fingerprint density at radius 3 is 2.86 bits per heavy atom. The van der Waals surface area contributed by atoms with Crippen LogP contribution >= 0.6 is 0 Å². The van der Waals surface area contributed by atoms with Crippen LogP contribution in [-0.4, -0.2) is 12.8 Å². The molecule has 3 heteroatoms. The Labute approximate surface area is 42.8 Å². The molecule has 0 aromatic rings. The van der Waals surface area contributed by atoms with Crippen LogP contribution in [-0.2, 0) is 0 Å². The van der Waals surface area contributed by atoms with Crippen LogP contribution in [0.5, 0.6) is 0 Å². The molecule has 1 aliphatic heterocycles. The molecule has 1 rings (SSSR count). The summed E-state index contributed by atoms with van der Waals surface area (Å²) in [6, 6.07) is 0. The summed E-state index contributed by atoms with van der Waals surface area (Å²) in [6.07, 6.45) is 2.06. The Morgan fingerprint density at radius 1 is 1.71 bits per heavy atom. The summed E-state index contributed by atoms with van der Waals surface area (Å²) < 4.78 is 0. The molecule has 3 nitrogen and oxygen atoms in total. The Bertz CT molecular complexity index is 65.3. The third kappa shape index (κ3) is 0.991. The first-order chi connectivity index (χ1) is 3.43. The molecule has 0 spiro atoms. The van der Waals surface area contributed by atoms with Gasteiger partial charge < -0.3 is 0 Å². The monoisotopic (exact) mass is 99.1 g/mol. The first kappa shape index (κ1) is 4.77. The van der Waals surface area contributed by atoms with E-state index in [0.29, 0.717) is 0 Å². The number of rotatable bonds is 1. The zero-order valence-electron chi connectivity index (χ0n) is 4.07. The molecule has 7 heavy (non-hydrogen) atoms. The molecule has 40 valence electrons. The highest BCUT2D eigenvalue weighted by molar-refractivity contribution is 4.84. The maximum absolute atomic E-state index is 3.58. The molecule has 0 aromatic heterocycles. The van der Waals surface area contributed by atoms with E-state index in [1.165, 1.54) is 0 Å². The number of hydrogen-bond acceptors (Lipinski definition) is 3. The van der Waals surface area contributed by atoms with E-state index in [1.54, 1.807) is 6.08 Å². The van der Waals surface area contributed by atoms with Gasteiger partial charge in [-0.15, -0.1) is 6.58 Å². The predicted molar refractivity (Wildman–Crippen MR) is 28.3 cm³/mol. The van der Waals surface area contributed by atoms with E-state index < -0.39 is 0 Å². The molecular formula is C4H9N3. The van der Waals surface area contributed by atoms with Gasteiger partial charge in [-0.1, -0.05) is 6.08 Å². The van der Waals surface area contributed by atoms with Crippen molar-refractivity contribution in [1.29, 1.82) is 0 Å². The third-order valence-electron chi connectivity index (χ3n) is 0.904. The van der Waals surface area contributed by atoms with E-state index in [9.17, 15) is 0 Å². The molecule has 0 aromatic carbocycles. The van der Waals surface area contributed by atoms with Crippen LogP contribution in [0.1, 0.15) is 0 Å². The second-order valence-electron chi connectivity index (χ2n) is 1.42. The van der Waals surface area contributed by atoms with Crippen LogP contribution in [0.2, 0.25) is 0 Å². The number of hydrazine groups is 1. The minimum Gasteiger partial charge on any atom is -0.284 e. The second-order valence-corrected chi connectivity index (χ2v) is 1.42. The van der Waals surface area contributed by atoms with Gasteiger partial charge in [0.1, 0.15) is 0 Å². The molecule has 1 unspecified atom stereocenters. The minimum absolute atomic E-state index is 0.250. The van der Waals surface area contributed by atoms with Gasteiger partial charge in [-0.25, -0.2) is 10.9 Å². The second kappa shape index (κ2) is 2.07. The van der Waals surface area contributed by atoms with Crippen molar-refractivity contribution in [3.8, 4) is 0 Å². The van der Waals surface area contributed by atoms with Gasteiger partial charge in [-0.2, -0.15) is 0 Å². The summed E-state index contributed by atoms with van der Waals surface area (Å²) >= 11 is 0. The lowest BCUT2D eigenvalue weighted by atomic mass is 10.5. The number of hydrogen-bond donors (Lipinski definition) is 3. The average Bonchev–Trinajstić information content (AvgIpc) is 2.14. The highest BCUT2D eigenvalue weighted by Gasteiger charge is 2.04. The van der Waals surface area contributed by atoms with Gasteiger partial charge in [-0.05, 0) is 0 Å². The summed E-state index contributed by atoms with van der Waals surface area (Å²) in [5.74, 6) is 0. The molecule has 0 aliphatic carbocycles. The number of nitrogens with one attached hydrogen (secondary N) is 3. The Kier molecular flexibility index (Phi) is 1.41. The standard InChI is InChI=1S/C4H9N3/c1-2-4-5-3-6-7-4/h2,4-7H,1,3H2. The largest absolute Gasteiger partial charge is 0.284 e. The minimum atomic E-state index is 0.250. The van der Waals surface area contributed by atoms with Crippen LogP contribution in [0, 0.1) is 0 Å². The SMILES string of the molecule is C=CC1NCNN1. The molecule has 0 bridgehead atoms. The lowest BCUT2D eigenvalue weighted by molar-refractivity contribution is 0.618. The quantitative estimate of drug-likeness (QED) is 0.375. The van der Waals surface area contributed by atoms with Crippen LogP contribution in [0.25, 0.3) is 0 Å². The van der Waals surface area contributed by atoms with Gasteiger partial charge in [0.2, 0.25) is 0 Å². The fourth-order valence-electron chi connectivity index (χ4n) is 0.515. The molecule has 1 heterocycles. The Hall–Kier alpha value is -0.380. The molecule has 0 radical (unpaired) electrons. The van der Waals surface area contributed by atoms with Crippen molar-refractivity contribution in [3.63, 3.8) is 0 Å². The lowest BCUT2D eigenvalue weighted by Gasteiger charge is -1.98. The van der Waals surface area contributed by atoms with Gasteiger partial charge in [0, 0.05) is 0 Å². The Morgan fingerprint density at radius 2 is 2.57 bits per heavy atom. The van der Waals surface area contributed by atoms with E-state index >= 15 is 0 Å². The van der Waals surface area contributed by atoms with Crippen LogP contribution in [0.4, 0.5) is 0 Å². The van der Waals surface area contributed by atoms with Crippen molar-refractivity contribution >= 4 is 0 Å². The predicted octanol–water partition coefficient (Wildman–Crippen LogP) is -0.847. The normalized spacial score (nSPS) is 30.6. The van der Waals surface area contributed by atoms with Crippen molar-refractivity contribution in [2.75, 3.05) is 6.67 Å². The first-order valence-electron chi connectivity index (χ1n) is 2.28. The van der Waals surface area contributed by atoms with Gasteiger partial charge in [0.05, 0.1) is 12.8 Å². The molecule has 1 fully saturated rings. The third-order valence-corrected chi connectivity index (χ3v) is 0.904. The van der Waals surface area contributed by atoms with E-state index in [-0.39, 0.29) is 6.17 Å². The smallest absolute Gasteiger partial charge is 0.0901 e. The van der Waals surface area contributed by atoms with E-state index in [0.717, 1.165) is 6.67 Å². The molecule has 3 N–H and O–H groups in total. The zero-order chi connectivity index (χ0) is 5.11. The van der Waals surface area contributed by atoms with Crippen molar-refractivity contribution in [1.82, 2.24) is 16.2 Å². The summed E-state index contributed by atoms with van der Waals surface area (Å²) in [7, 11) is 0. The summed E-state index contributed by atoms with van der Waals surface area (Å²) in [5, 5.41) is 3.07. The zero-order valence-corrected chi connectivity index (χ0v) is 4.07. The molecule has 1 saturated heterocycles. The maximum Gasteiger partial charge on any atom is 0.0901 e. The highest BCUT2D eigenvalue weighted by atomic mass is 15.5. The average molecular weight is 99.1 g/mol. The van der Waals surface area contributed by atoms with Crippen molar-refractivity contribution in [2.45, 2.75) is 6.17 Å². The fraction of sp³-hybridized carbons (Fsp3) is 0.500. The van der Waals surface area contributed by atoms with E-state index in [2.05, 4.69) is 22.7 Å².